The van der Waals surface area contributed by atoms with Gasteiger partial charge in [-0.1, -0.05) is 23.8 Å². The molecule has 0 saturated heterocycles. The normalized spacial score (nSPS) is 11.0. The number of aliphatic imine (C=N–C) groups is 1. The van der Waals surface area contributed by atoms with Gasteiger partial charge in [-0.25, -0.2) is 9.98 Å². The van der Waals surface area contributed by atoms with Crippen LogP contribution in [0.25, 0.3) is 11.5 Å². The van der Waals surface area contributed by atoms with Crippen LogP contribution in [0, 0.1) is 6.92 Å². The standard InChI is InChI=1S/C22H27N5O2S.HI/c1-3-23-22(25-12-5-11-24-20(28)19-6-4-13-30-19)26-14-18-15-29-21(27-18)17-9-7-16(2)8-10-17;/h4,6-10,13,15H,3,5,11-12,14H2,1-2H3,(H,24,28)(H2,23,25,26);1H. The van der Waals surface area contributed by atoms with Crippen molar-refractivity contribution in [2.45, 2.75) is 26.8 Å². The number of hydrogen-bond donors (Lipinski definition) is 3. The van der Waals surface area contributed by atoms with Crippen molar-refractivity contribution in [2.75, 3.05) is 19.6 Å². The predicted octanol–water partition coefficient (Wildman–Crippen LogP) is 4.20. The number of nitrogens with one attached hydrogen (secondary N) is 3. The van der Waals surface area contributed by atoms with E-state index in [1.54, 1.807) is 6.26 Å². The third-order valence-corrected chi connectivity index (χ3v) is 5.14. The van der Waals surface area contributed by atoms with Gasteiger partial charge in [-0.05, 0) is 43.8 Å². The van der Waals surface area contributed by atoms with Gasteiger partial charge < -0.3 is 20.4 Å². The number of amides is 1. The Morgan fingerprint density at radius 2 is 1.90 bits per heavy atom. The average Bonchev–Trinajstić information content (AvgIpc) is 3.44. The van der Waals surface area contributed by atoms with Crippen molar-refractivity contribution in [1.29, 1.82) is 0 Å². The summed E-state index contributed by atoms with van der Waals surface area (Å²) >= 11 is 1.44. The van der Waals surface area contributed by atoms with Gasteiger partial charge in [-0.3, -0.25) is 4.79 Å². The lowest BCUT2D eigenvalue weighted by Gasteiger charge is -2.11. The number of guanidine groups is 1. The number of nitrogens with zero attached hydrogens (tertiary/aromatic N) is 2. The number of hydrogen-bond acceptors (Lipinski definition) is 5. The van der Waals surface area contributed by atoms with Crippen molar-refractivity contribution in [1.82, 2.24) is 20.9 Å². The van der Waals surface area contributed by atoms with Crippen LogP contribution in [0.3, 0.4) is 0 Å². The van der Waals surface area contributed by atoms with Gasteiger partial charge in [0.05, 0.1) is 11.4 Å². The lowest BCUT2D eigenvalue weighted by atomic mass is 10.1. The summed E-state index contributed by atoms with van der Waals surface area (Å²) in [5.74, 6) is 1.28. The molecule has 166 valence electrons. The minimum atomic E-state index is -0.0269. The largest absolute Gasteiger partial charge is 0.444 e. The molecular formula is C22H28IN5O2S. The third kappa shape index (κ3) is 7.98. The maximum Gasteiger partial charge on any atom is 0.261 e. The number of carbonyl (C=O) groups excluding carboxylic acids is 1. The summed E-state index contributed by atoms with van der Waals surface area (Å²) in [6.07, 6.45) is 2.44. The van der Waals surface area contributed by atoms with Crippen LogP contribution in [0.15, 0.2) is 57.5 Å². The first-order valence-electron chi connectivity index (χ1n) is 10.0. The van der Waals surface area contributed by atoms with Crippen molar-refractivity contribution in [3.63, 3.8) is 0 Å². The molecule has 0 bridgehead atoms. The smallest absolute Gasteiger partial charge is 0.261 e. The molecule has 31 heavy (non-hydrogen) atoms. The summed E-state index contributed by atoms with van der Waals surface area (Å²) < 4.78 is 5.59. The van der Waals surface area contributed by atoms with Crippen molar-refractivity contribution in [3.05, 3.63) is 64.2 Å². The lowest BCUT2D eigenvalue weighted by Crippen LogP contribution is -2.38. The van der Waals surface area contributed by atoms with E-state index in [0.29, 0.717) is 31.5 Å². The molecule has 3 aromatic rings. The molecule has 0 fully saturated rings. The second-order valence-electron chi connectivity index (χ2n) is 6.72. The molecule has 3 N–H and O–H groups in total. The van der Waals surface area contributed by atoms with Crippen LogP contribution in [-0.4, -0.2) is 36.5 Å². The number of halogens is 1. The topological polar surface area (TPSA) is 91.6 Å². The van der Waals surface area contributed by atoms with Gasteiger partial charge in [0.25, 0.3) is 5.91 Å². The highest BCUT2D eigenvalue weighted by molar-refractivity contribution is 14.0. The number of carbonyl (C=O) groups is 1. The van der Waals surface area contributed by atoms with E-state index in [9.17, 15) is 4.79 Å². The fourth-order valence-corrected chi connectivity index (χ4v) is 3.34. The zero-order valence-corrected chi connectivity index (χ0v) is 20.8. The summed E-state index contributed by atoms with van der Waals surface area (Å²) in [6.45, 7) is 6.54. The van der Waals surface area contributed by atoms with Gasteiger partial charge in [0.15, 0.2) is 5.96 Å². The molecule has 0 radical (unpaired) electrons. The number of aromatic nitrogens is 1. The Morgan fingerprint density at radius 3 is 2.61 bits per heavy atom. The molecule has 3 rings (SSSR count). The van der Waals surface area contributed by atoms with Crippen LogP contribution in [-0.2, 0) is 6.54 Å². The first-order chi connectivity index (χ1) is 14.7. The Hall–Kier alpha value is -2.40. The fourth-order valence-electron chi connectivity index (χ4n) is 2.70. The molecule has 0 atom stereocenters. The maximum absolute atomic E-state index is 11.9. The summed E-state index contributed by atoms with van der Waals surface area (Å²) in [5.41, 5.74) is 2.92. The minimum absolute atomic E-state index is 0. The Kier molecular flexibility index (Phi) is 10.5. The van der Waals surface area contributed by atoms with Gasteiger partial charge in [0.2, 0.25) is 5.89 Å². The molecule has 0 unspecified atom stereocenters. The summed E-state index contributed by atoms with van der Waals surface area (Å²) in [5, 5.41) is 11.3. The molecule has 2 aromatic heterocycles. The zero-order valence-electron chi connectivity index (χ0n) is 17.7. The Morgan fingerprint density at radius 1 is 1.13 bits per heavy atom. The average molecular weight is 553 g/mol. The molecule has 0 aliphatic rings. The van der Waals surface area contributed by atoms with E-state index in [1.165, 1.54) is 16.9 Å². The van der Waals surface area contributed by atoms with Crippen molar-refractivity contribution < 1.29 is 9.21 Å². The highest BCUT2D eigenvalue weighted by Gasteiger charge is 2.07. The van der Waals surface area contributed by atoms with Gasteiger partial charge >= 0.3 is 0 Å². The van der Waals surface area contributed by atoms with E-state index in [0.717, 1.165) is 29.1 Å². The first kappa shape index (κ1) is 24.9. The number of aryl methyl sites for hydroxylation is 1. The van der Waals surface area contributed by atoms with E-state index >= 15 is 0 Å². The summed E-state index contributed by atoms with van der Waals surface area (Å²) in [6, 6.07) is 11.8. The molecule has 0 saturated carbocycles. The van der Waals surface area contributed by atoms with E-state index in [2.05, 4.69) is 25.9 Å². The van der Waals surface area contributed by atoms with Crippen molar-refractivity contribution >= 4 is 47.2 Å². The molecule has 1 aromatic carbocycles. The van der Waals surface area contributed by atoms with Crippen LogP contribution >= 0.6 is 35.3 Å². The Balaban J connectivity index is 0.00000341. The highest BCUT2D eigenvalue weighted by Crippen LogP contribution is 2.19. The molecule has 7 nitrogen and oxygen atoms in total. The second-order valence-corrected chi connectivity index (χ2v) is 7.67. The molecule has 9 heteroatoms. The van der Waals surface area contributed by atoms with Gasteiger partial charge in [-0.15, -0.1) is 35.3 Å². The van der Waals surface area contributed by atoms with Gasteiger partial charge in [-0.2, -0.15) is 0 Å². The van der Waals surface area contributed by atoms with Crippen LogP contribution in [0.2, 0.25) is 0 Å². The molecule has 0 aliphatic heterocycles. The zero-order chi connectivity index (χ0) is 21.2. The van der Waals surface area contributed by atoms with Crippen LogP contribution < -0.4 is 16.0 Å². The summed E-state index contributed by atoms with van der Waals surface area (Å²) in [7, 11) is 0. The number of benzene rings is 1. The van der Waals surface area contributed by atoms with E-state index in [-0.39, 0.29) is 29.9 Å². The predicted molar refractivity (Wildman–Crippen MR) is 136 cm³/mol. The van der Waals surface area contributed by atoms with Crippen LogP contribution in [0.5, 0.6) is 0 Å². The fraction of sp³-hybridized carbons (Fsp3) is 0.318. The lowest BCUT2D eigenvalue weighted by molar-refractivity contribution is 0.0957. The minimum Gasteiger partial charge on any atom is -0.444 e. The van der Waals surface area contributed by atoms with E-state index < -0.39 is 0 Å². The number of thiophene rings is 1. The summed E-state index contributed by atoms with van der Waals surface area (Å²) in [4.78, 5) is 21.7. The molecule has 2 heterocycles. The second kappa shape index (κ2) is 13.1. The van der Waals surface area contributed by atoms with Crippen molar-refractivity contribution in [3.8, 4) is 11.5 Å². The van der Waals surface area contributed by atoms with E-state index in [1.807, 2.05) is 55.6 Å². The van der Waals surface area contributed by atoms with Crippen LogP contribution in [0.1, 0.15) is 34.3 Å². The molecule has 1 amide bonds. The first-order valence-corrected chi connectivity index (χ1v) is 10.9. The van der Waals surface area contributed by atoms with Gasteiger partial charge in [0.1, 0.15) is 12.0 Å². The molecular weight excluding hydrogens is 525 g/mol. The monoisotopic (exact) mass is 553 g/mol. The van der Waals surface area contributed by atoms with E-state index in [4.69, 9.17) is 4.42 Å². The van der Waals surface area contributed by atoms with Crippen molar-refractivity contribution in [2.24, 2.45) is 4.99 Å². The Labute approximate surface area is 203 Å². The third-order valence-electron chi connectivity index (χ3n) is 4.27. The number of rotatable bonds is 9. The highest BCUT2D eigenvalue weighted by atomic mass is 127. The number of oxazole rings is 1. The van der Waals surface area contributed by atoms with Gasteiger partial charge in [0, 0.05) is 25.2 Å². The Bertz CT molecular complexity index is 955. The van der Waals surface area contributed by atoms with Crippen LogP contribution in [0.4, 0.5) is 0 Å². The molecule has 0 aliphatic carbocycles. The molecule has 0 spiro atoms. The SMILES string of the molecule is CCNC(=NCc1coc(-c2ccc(C)cc2)n1)NCCCNC(=O)c1cccs1.I. The quantitative estimate of drug-likeness (QED) is 0.160. The maximum atomic E-state index is 11.9.